The maximum absolute atomic E-state index is 5.75. The van der Waals surface area contributed by atoms with Crippen LogP contribution in [0.2, 0.25) is 0 Å². The molecule has 1 aromatic heterocycles. The summed E-state index contributed by atoms with van der Waals surface area (Å²) in [6.07, 6.45) is 2.60. The van der Waals surface area contributed by atoms with Crippen LogP contribution in [0.3, 0.4) is 0 Å². The molecule has 3 nitrogen and oxygen atoms in total. The van der Waals surface area contributed by atoms with Crippen LogP contribution in [0.5, 0.6) is 0 Å². The molecule has 0 radical (unpaired) electrons. The van der Waals surface area contributed by atoms with Crippen LogP contribution in [0.4, 0.5) is 10.8 Å². The molecular weight excluding hydrogens is 206 g/mol. The van der Waals surface area contributed by atoms with E-state index in [2.05, 4.69) is 16.9 Å². The average Bonchev–Trinajstić information content (AvgIpc) is 2.97. The van der Waals surface area contributed by atoms with Crippen LogP contribution >= 0.6 is 11.3 Å². The topological polar surface area (TPSA) is 42.2 Å². The van der Waals surface area contributed by atoms with E-state index < -0.39 is 0 Å². The summed E-state index contributed by atoms with van der Waals surface area (Å²) in [5, 5.41) is 1.11. The highest BCUT2D eigenvalue weighted by atomic mass is 32.1. The summed E-state index contributed by atoms with van der Waals surface area (Å²) in [6.45, 7) is 0. The summed E-state index contributed by atoms with van der Waals surface area (Å²) in [4.78, 5) is 6.88. The van der Waals surface area contributed by atoms with Gasteiger partial charge in [-0.3, -0.25) is 0 Å². The van der Waals surface area contributed by atoms with Crippen molar-refractivity contribution >= 4 is 32.4 Å². The van der Waals surface area contributed by atoms with Gasteiger partial charge in [0.05, 0.1) is 10.2 Å². The molecular formula is C11H13N3S. The number of nitrogens with zero attached hydrogens (tertiary/aromatic N) is 2. The van der Waals surface area contributed by atoms with Gasteiger partial charge in [0, 0.05) is 18.8 Å². The SMILES string of the molecule is CN(c1nc2ccc(N)cc2s1)C1CC1. The lowest BCUT2D eigenvalue weighted by Gasteiger charge is -2.13. The minimum Gasteiger partial charge on any atom is -0.399 e. The zero-order valence-corrected chi connectivity index (χ0v) is 9.42. The highest BCUT2D eigenvalue weighted by Crippen LogP contribution is 2.35. The molecule has 0 bridgehead atoms. The number of hydrogen-bond acceptors (Lipinski definition) is 4. The summed E-state index contributed by atoms with van der Waals surface area (Å²) in [5.74, 6) is 0. The van der Waals surface area contributed by atoms with E-state index in [1.54, 1.807) is 11.3 Å². The van der Waals surface area contributed by atoms with Crippen molar-refractivity contribution in [2.75, 3.05) is 17.7 Å². The van der Waals surface area contributed by atoms with Crippen LogP contribution in [-0.2, 0) is 0 Å². The van der Waals surface area contributed by atoms with Crippen molar-refractivity contribution in [3.8, 4) is 0 Å². The number of hydrogen-bond donors (Lipinski definition) is 1. The van der Waals surface area contributed by atoms with Gasteiger partial charge in [0.15, 0.2) is 5.13 Å². The Morgan fingerprint density at radius 3 is 3.00 bits per heavy atom. The van der Waals surface area contributed by atoms with Crippen molar-refractivity contribution in [2.45, 2.75) is 18.9 Å². The van der Waals surface area contributed by atoms with Crippen LogP contribution < -0.4 is 10.6 Å². The first-order valence-electron chi connectivity index (χ1n) is 5.13. The number of nitrogens with two attached hydrogens (primary N) is 1. The second kappa shape index (κ2) is 3.10. The summed E-state index contributed by atoms with van der Waals surface area (Å²) in [6, 6.07) is 6.61. The zero-order chi connectivity index (χ0) is 10.4. The number of benzene rings is 1. The number of thiazole rings is 1. The minimum absolute atomic E-state index is 0.711. The van der Waals surface area contributed by atoms with Gasteiger partial charge in [0.1, 0.15) is 0 Å². The van der Waals surface area contributed by atoms with Gasteiger partial charge in [-0.1, -0.05) is 11.3 Å². The Morgan fingerprint density at radius 1 is 1.47 bits per heavy atom. The lowest BCUT2D eigenvalue weighted by atomic mass is 10.3. The molecule has 1 aliphatic rings. The van der Waals surface area contributed by atoms with Crippen LogP contribution in [0, 0.1) is 0 Å². The molecule has 15 heavy (non-hydrogen) atoms. The molecule has 1 heterocycles. The van der Waals surface area contributed by atoms with Crippen LogP contribution in [-0.4, -0.2) is 18.1 Å². The molecule has 1 aliphatic carbocycles. The van der Waals surface area contributed by atoms with Crippen LogP contribution in [0.15, 0.2) is 18.2 Å². The molecule has 1 aromatic carbocycles. The Bertz CT molecular complexity index is 502. The van der Waals surface area contributed by atoms with Gasteiger partial charge in [-0.2, -0.15) is 0 Å². The minimum atomic E-state index is 0.711. The predicted molar refractivity (Wildman–Crippen MR) is 65.5 cm³/mol. The molecule has 0 unspecified atom stereocenters. The van der Waals surface area contributed by atoms with E-state index >= 15 is 0 Å². The molecule has 1 fully saturated rings. The lowest BCUT2D eigenvalue weighted by molar-refractivity contribution is 0.911. The number of anilines is 2. The molecule has 0 amide bonds. The predicted octanol–water partition coefficient (Wildman–Crippen LogP) is 2.48. The van der Waals surface area contributed by atoms with Gasteiger partial charge >= 0.3 is 0 Å². The molecule has 0 atom stereocenters. The normalized spacial score (nSPS) is 15.8. The zero-order valence-electron chi connectivity index (χ0n) is 8.60. The molecule has 1 saturated carbocycles. The first-order valence-corrected chi connectivity index (χ1v) is 5.94. The first-order chi connectivity index (χ1) is 7.24. The Kier molecular flexibility index (Phi) is 1.85. The second-order valence-corrected chi connectivity index (χ2v) is 5.07. The monoisotopic (exact) mass is 219 g/mol. The quantitative estimate of drug-likeness (QED) is 0.789. The van der Waals surface area contributed by atoms with Gasteiger partial charge in [0.2, 0.25) is 0 Å². The van der Waals surface area contributed by atoms with E-state index in [9.17, 15) is 0 Å². The van der Waals surface area contributed by atoms with E-state index in [0.29, 0.717) is 6.04 Å². The first kappa shape index (κ1) is 8.97. The Labute approximate surface area is 92.5 Å². The third-order valence-electron chi connectivity index (χ3n) is 2.80. The number of fused-ring (bicyclic) bond motifs is 1. The molecule has 0 saturated heterocycles. The van der Waals surface area contributed by atoms with Crippen LogP contribution in [0.25, 0.3) is 10.2 Å². The third-order valence-corrected chi connectivity index (χ3v) is 3.91. The van der Waals surface area contributed by atoms with E-state index in [1.165, 1.54) is 17.5 Å². The maximum atomic E-state index is 5.75. The fraction of sp³-hybridized carbons (Fsp3) is 0.364. The van der Waals surface area contributed by atoms with Gasteiger partial charge in [0.25, 0.3) is 0 Å². The number of aromatic nitrogens is 1. The standard InChI is InChI=1S/C11H13N3S/c1-14(8-3-4-8)11-13-9-5-2-7(12)6-10(9)15-11/h2,5-6,8H,3-4,12H2,1H3. The molecule has 0 spiro atoms. The van der Waals surface area contributed by atoms with E-state index in [1.807, 2.05) is 18.2 Å². The fourth-order valence-electron chi connectivity index (χ4n) is 1.70. The third kappa shape index (κ3) is 1.55. The second-order valence-electron chi connectivity index (χ2n) is 4.07. The Hall–Kier alpha value is -1.29. The smallest absolute Gasteiger partial charge is 0.186 e. The molecule has 2 N–H and O–H groups in total. The van der Waals surface area contributed by atoms with Crippen molar-refractivity contribution in [1.82, 2.24) is 4.98 Å². The maximum Gasteiger partial charge on any atom is 0.186 e. The van der Waals surface area contributed by atoms with Crippen molar-refractivity contribution in [3.63, 3.8) is 0 Å². The van der Waals surface area contributed by atoms with Gasteiger partial charge in [-0.05, 0) is 31.0 Å². The lowest BCUT2D eigenvalue weighted by Crippen LogP contribution is -2.18. The van der Waals surface area contributed by atoms with E-state index in [0.717, 1.165) is 16.3 Å². The molecule has 78 valence electrons. The molecule has 2 aromatic rings. The fourth-order valence-corrected chi connectivity index (χ4v) is 2.74. The summed E-state index contributed by atoms with van der Waals surface area (Å²) in [5.41, 5.74) is 7.61. The molecule has 0 aliphatic heterocycles. The Balaban J connectivity index is 2.05. The average molecular weight is 219 g/mol. The van der Waals surface area contributed by atoms with Gasteiger partial charge in [-0.15, -0.1) is 0 Å². The number of nitrogen functional groups attached to an aromatic ring is 1. The number of rotatable bonds is 2. The van der Waals surface area contributed by atoms with Crippen molar-refractivity contribution < 1.29 is 0 Å². The van der Waals surface area contributed by atoms with Crippen molar-refractivity contribution in [2.24, 2.45) is 0 Å². The summed E-state index contributed by atoms with van der Waals surface area (Å²) in [7, 11) is 2.12. The summed E-state index contributed by atoms with van der Waals surface area (Å²) < 4.78 is 1.18. The van der Waals surface area contributed by atoms with Crippen LogP contribution in [0.1, 0.15) is 12.8 Å². The van der Waals surface area contributed by atoms with Crippen molar-refractivity contribution in [1.29, 1.82) is 0 Å². The Morgan fingerprint density at radius 2 is 2.27 bits per heavy atom. The van der Waals surface area contributed by atoms with Gasteiger partial charge in [-0.25, -0.2) is 4.98 Å². The van der Waals surface area contributed by atoms with Crippen molar-refractivity contribution in [3.05, 3.63) is 18.2 Å². The summed E-state index contributed by atoms with van der Waals surface area (Å²) >= 11 is 1.72. The molecule has 4 heteroatoms. The van der Waals surface area contributed by atoms with Gasteiger partial charge < -0.3 is 10.6 Å². The van der Waals surface area contributed by atoms with E-state index in [4.69, 9.17) is 5.73 Å². The van der Waals surface area contributed by atoms with E-state index in [-0.39, 0.29) is 0 Å². The largest absolute Gasteiger partial charge is 0.399 e. The highest BCUT2D eigenvalue weighted by molar-refractivity contribution is 7.22. The highest BCUT2D eigenvalue weighted by Gasteiger charge is 2.28. The molecule has 3 rings (SSSR count).